The van der Waals surface area contributed by atoms with Gasteiger partial charge in [-0.3, -0.25) is 0 Å². The van der Waals surface area contributed by atoms with Gasteiger partial charge in [-0.05, 0) is 26.3 Å². The normalized spacial score (nSPS) is 18.7. The maximum Gasteiger partial charge on any atom is 0.228 e. The molecule has 4 heteroatoms. The fraction of sp³-hybridized carbons (Fsp3) is 0.846. The molecule has 96 valence electrons. The van der Waals surface area contributed by atoms with Gasteiger partial charge in [-0.2, -0.15) is 4.98 Å². The van der Waals surface area contributed by atoms with Crippen LogP contribution in [0.3, 0.4) is 0 Å². The Kier molecular flexibility index (Phi) is 4.54. The number of rotatable bonds is 6. The third kappa shape index (κ3) is 3.28. The van der Waals surface area contributed by atoms with Crippen LogP contribution in [0.5, 0.6) is 0 Å². The highest BCUT2D eigenvalue weighted by atomic mass is 16.5. The van der Waals surface area contributed by atoms with Crippen LogP contribution >= 0.6 is 0 Å². The summed E-state index contributed by atoms with van der Waals surface area (Å²) in [6.07, 6.45) is 8.25. The zero-order valence-electron chi connectivity index (χ0n) is 10.9. The van der Waals surface area contributed by atoms with Crippen LogP contribution in [0, 0.1) is 0 Å². The molecule has 2 rings (SSSR count). The average molecular weight is 237 g/mol. The van der Waals surface area contributed by atoms with Gasteiger partial charge in [-0.25, -0.2) is 0 Å². The van der Waals surface area contributed by atoms with Crippen molar-refractivity contribution in [3.63, 3.8) is 0 Å². The lowest BCUT2D eigenvalue weighted by atomic mass is 10.1. The number of aromatic nitrogens is 2. The van der Waals surface area contributed by atoms with E-state index in [1.165, 1.54) is 32.1 Å². The first kappa shape index (κ1) is 12.6. The molecule has 1 fully saturated rings. The van der Waals surface area contributed by atoms with Crippen LogP contribution in [0.1, 0.15) is 63.1 Å². The second-order valence-electron chi connectivity index (χ2n) is 5.01. The van der Waals surface area contributed by atoms with Gasteiger partial charge in [0, 0.05) is 18.4 Å². The molecule has 0 spiro atoms. The summed E-state index contributed by atoms with van der Waals surface area (Å²) in [6.45, 7) is 2.20. The molecule has 4 nitrogen and oxygen atoms in total. The molecule has 0 amide bonds. The van der Waals surface area contributed by atoms with Crippen molar-refractivity contribution in [3.05, 3.63) is 11.7 Å². The predicted octanol–water partition coefficient (Wildman–Crippen LogP) is 2.66. The van der Waals surface area contributed by atoms with Crippen molar-refractivity contribution in [2.24, 2.45) is 0 Å². The van der Waals surface area contributed by atoms with Gasteiger partial charge in [0.2, 0.25) is 5.89 Å². The van der Waals surface area contributed by atoms with Gasteiger partial charge in [0.25, 0.3) is 0 Å². The summed E-state index contributed by atoms with van der Waals surface area (Å²) < 4.78 is 5.35. The van der Waals surface area contributed by atoms with Crippen molar-refractivity contribution in [1.82, 2.24) is 15.5 Å². The van der Waals surface area contributed by atoms with E-state index < -0.39 is 0 Å². The first-order valence-electron chi connectivity index (χ1n) is 6.83. The van der Waals surface area contributed by atoms with E-state index in [1.54, 1.807) is 0 Å². The van der Waals surface area contributed by atoms with Gasteiger partial charge < -0.3 is 9.84 Å². The Morgan fingerprint density at radius 1 is 1.41 bits per heavy atom. The van der Waals surface area contributed by atoms with Gasteiger partial charge in [0.05, 0.1) is 0 Å². The second kappa shape index (κ2) is 6.15. The highest BCUT2D eigenvalue weighted by molar-refractivity contribution is 4.98. The topological polar surface area (TPSA) is 51.0 Å². The number of hydrogen-bond acceptors (Lipinski definition) is 4. The highest BCUT2D eigenvalue weighted by Crippen LogP contribution is 2.32. The Morgan fingerprint density at radius 2 is 2.18 bits per heavy atom. The molecular weight excluding hydrogens is 214 g/mol. The van der Waals surface area contributed by atoms with E-state index in [0.29, 0.717) is 12.0 Å². The quantitative estimate of drug-likeness (QED) is 0.826. The molecule has 0 saturated heterocycles. The number of likely N-dealkylation sites (N-methyl/N-ethyl adjacent to an activating group) is 1. The molecule has 0 radical (unpaired) electrons. The fourth-order valence-corrected chi connectivity index (χ4v) is 2.61. The molecular formula is C13H23N3O. The molecule has 0 bridgehead atoms. The van der Waals surface area contributed by atoms with Crippen LogP contribution in [0.2, 0.25) is 0 Å². The van der Waals surface area contributed by atoms with E-state index in [1.807, 2.05) is 7.05 Å². The summed E-state index contributed by atoms with van der Waals surface area (Å²) >= 11 is 0. The van der Waals surface area contributed by atoms with E-state index in [4.69, 9.17) is 4.52 Å². The first-order chi connectivity index (χ1) is 8.33. The summed E-state index contributed by atoms with van der Waals surface area (Å²) in [4.78, 5) is 4.54. The Hall–Kier alpha value is -0.900. The lowest BCUT2D eigenvalue weighted by molar-refractivity contribution is 0.350. The minimum Gasteiger partial charge on any atom is -0.339 e. The van der Waals surface area contributed by atoms with Crippen molar-refractivity contribution < 1.29 is 4.52 Å². The maximum atomic E-state index is 5.35. The van der Waals surface area contributed by atoms with E-state index >= 15 is 0 Å². The Balaban J connectivity index is 1.92. The first-order valence-corrected chi connectivity index (χ1v) is 6.83. The number of nitrogens with zero attached hydrogens (tertiary/aromatic N) is 2. The lowest BCUT2D eigenvalue weighted by Crippen LogP contribution is -2.27. The molecule has 17 heavy (non-hydrogen) atoms. The van der Waals surface area contributed by atoms with Crippen molar-refractivity contribution in [3.8, 4) is 0 Å². The van der Waals surface area contributed by atoms with Crippen LogP contribution in [0.4, 0.5) is 0 Å². The van der Waals surface area contributed by atoms with E-state index in [-0.39, 0.29) is 0 Å². The number of nitrogens with one attached hydrogen (secondary N) is 1. The molecule has 1 aromatic rings. The number of hydrogen-bond donors (Lipinski definition) is 1. The Morgan fingerprint density at radius 3 is 2.82 bits per heavy atom. The molecule has 1 aromatic heterocycles. The summed E-state index contributed by atoms with van der Waals surface area (Å²) in [6, 6.07) is 0.455. The molecule has 1 heterocycles. The molecule has 0 aromatic carbocycles. The molecule has 1 unspecified atom stereocenters. The molecule has 1 aliphatic carbocycles. The Labute approximate surface area is 103 Å². The van der Waals surface area contributed by atoms with Crippen molar-refractivity contribution in [2.45, 2.75) is 63.8 Å². The van der Waals surface area contributed by atoms with Crippen LogP contribution in [-0.4, -0.2) is 23.2 Å². The van der Waals surface area contributed by atoms with E-state index in [2.05, 4.69) is 22.4 Å². The Bertz CT molecular complexity index is 331. The zero-order chi connectivity index (χ0) is 12.1. The van der Waals surface area contributed by atoms with Gasteiger partial charge in [-0.1, -0.05) is 31.3 Å². The molecule has 1 saturated carbocycles. The standard InChI is InChI=1S/C13H23N3O/c1-3-6-11(14-2)9-12-15-13(16-17-12)10-7-4-5-8-10/h10-11,14H,3-9H2,1-2H3. The monoisotopic (exact) mass is 237 g/mol. The second-order valence-corrected chi connectivity index (χ2v) is 5.01. The van der Waals surface area contributed by atoms with Crippen LogP contribution in [-0.2, 0) is 6.42 Å². The fourth-order valence-electron chi connectivity index (χ4n) is 2.61. The minimum absolute atomic E-state index is 0.455. The molecule has 1 N–H and O–H groups in total. The van der Waals surface area contributed by atoms with Gasteiger partial charge in [0.15, 0.2) is 5.82 Å². The maximum absolute atomic E-state index is 5.35. The molecule has 1 atom stereocenters. The summed E-state index contributed by atoms with van der Waals surface area (Å²) in [5.41, 5.74) is 0. The summed E-state index contributed by atoms with van der Waals surface area (Å²) in [5, 5.41) is 7.43. The van der Waals surface area contributed by atoms with E-state index in [0.717, 1.165) is 24.6 Å². The SMILES string of the molecule is CCCC(Cc1nc(C2CCCC2)no1)NC. The van der Waals surface area contributed by atoms with Crippen molar-refractivity contribution >= 4 is 0 Å². The van der Waals surface area contributed by atoms with Crippen LogP contribution in [0.25, 0.3) is 0 Å². The van der Waals surface area contributed by atoms with Crippen LogP contribution < -0.4 is 5.32 Å². The average Bonchev–Trinajstić information content (AvgIpc) is 2.98. The lowest BCUT2D eigenvalue weighted by Gasteiger charge is -2.11. The van der Waals surface area contributed by atoms with Crippen LogP contribution in [0.15, 0.2) is 4.52 Å². The third-order valence-electron chi connectivity index (χ3n) is 3.67. The van der Waals surface area contributed by atoms with Gasteiger partial charge >= 0.3 is 0 Å². The van der Waals surface area contributed by atoms with Gasteiger partial charge in [0.1, 0.15) is 0 Å². The smallest absolute Gasteiger partial charge is 0.228 e. The van der Waals surface area contributed by atoms with Crippen molar-refractivity contribution in [2.75, 3.05) is 7.05 Å². The van der Waals surface area contributed by atoms with Crippen molar-refractivity contribution in [1.29, 1.82) is 0 Å². The highest BCUT2D eigenvalue weighted by Gasteiger charge is 2.22. The molecule has 1 aliphatic rings. The van der Waals surface area contributed by atoms with E-state index in [9.17, 15) is 0 Å². The predicted molar refractivity (Wildman–Crippen MR) is 67.0 cm³/mol. The zero-order valence-corrected chi connectivity index (χ0v) is 10.9. The largest absolute Gasteiger partial charge is 0.339 e. The summed E-state index contributed by atoms with van der Waals surface area (Å²) in [5.74, 6) is 2.27. The molecule has 0 aliphatic heterocycles. The van der Waals surface area contributed by atoms with Gasteiger partial charge in [-0.15, -0.1) is 0 Å². The third-order valence-corrected chi connectivity index (χ3v) is 3.67. The minimum atomic E-state index is 0.455. The summed E-state index contributed by atoms with van der Waals surface area (Å²) in [7, 11) is 1.99.